The lowest BCUT2D eigenvalue weighted by Crippen LogP contribution is -1.95. The van der Waals surface area contributed by atoms with Gasteiger partial charge in [-0.05, 0) is 30.7 Å². The fraction of sp³-hybridized carbons (Fsp3) is 0.143. The van der Waals surface area contributed by atoms with Crippen LogP contribution in [0.5, 0.6) is 0 Å². The third-order valence-corrected chi connectivity index (χ3v) is 3.01. The summed E-state index contributed by atoms with van der Waals surface area (Å²) in [5.41, 5.74) is 2.72. The number of aryl methyl sites for hydroxylation is 1. The summed E-state index contributed by atoms with van der Waals surface area (Å²) in [6, 6.07) is 7.79. The van der Waals surface area contributed by atoms with Gasteiger partial charge in [-0.25, -0.2) is 9.78 Å². The Balaban J connectivity index is 2.00. The van der Waals surface area contributed by atoms with E-state index < -0.39 is 5.76 Å². The molecule has 1 aromatic carbocycles. The van der Waals surface area contributed by atoms with Crippen LogP contribution in [0.3, 0.4) is 0 Å². The van der Waals surface area contributed by atoms with Crippen LogP contribution in [0.1, 0.15) is 12.6 Å². The number of H-pyrrole nitrogens is 1. The van der Waals surface area contributed by atoms with Crippen LogP contribution in [0.2, 0.25) is 0 Å². The number of imidazole rings is 1. The fourth-order valence-electron chi connectivity index (χ4n) is 2.04. The van der Waals surface area contributed by atoms with Crippen molar-refractivity contribution >= 4 is 0 Å². The number of aromatic amines is 1. The molecule has 0 radical (unpaired) electrons. The lowest BCUT2D eigenvalue weighted by atomic mass is 10.1. The molecule has 0 aliphatic rings. The van der Waals surface area contributed by atoms with Crippen molar-refractivity contribution < 1.29 is 4.42 Å². The van der Waals surface area contributed by atoms with Gasteiger partial charge in [0.05, 0.1) is 12.0 Å². The van der Waals surface area contributed by atoms with Gasteiger partial charge in [0, 0.05) is 23.6 Å². The van der Waals surface area contributed by atoms with E-state index in [1.54, 1.807) is 12.5 Å². The summed E-state index contributed by atoms with van der Waals surface area (Å²) < 4.78 is 7.11. The van der Waals surface area contributed by atoms with Gasteiger partial charge in [0.25, 0.3) is 0 Å². The molecule has 0 fully saturated rings. The van der Waals surface area contributed by atoms with Gasteiger partial charge in [-0.15, -0.1) is 0 Å². The number of nitrogens with one attached hydrogen (secondary N) is 1. The summed E-state index contributed by atoms with van der Waals surface area (Å²) >= 11 is 0. The molecule has 3 aromatic rings. The molecule has 2 aromatic heterocycles. The normalized spacial score (nSPS) is 10.8. The molecule has 0 bridgehead atoms. The van der Waals surface area contributed by atoms with Gasteiger partial charge in [0.2, 0.25) is 0 Å². The fourth-order valence-corrected chi connectivity index (χ4v) is 2.04. The Bertz CT molecular complexity index is 721. The van der Waals surface area contributed by atoms with Gasteiger partial charge in [0.15, 0.2) is 5.76 Å². The van der Waals surface area contributed by atoms with Gasteiger partial charge >= 0.3 is 5.76 Å². The number of hydrogen-bond donors (Lipinski definition) is 1. The molecule has 1 N–H and O–H groups in total. The molecule has 0 atom stereocenters. The van der Waals surface area contributed by atoms with Crippen LogP contribution in [0, 0.1) is 0 Å². The highest BCUT2D eigenvalue weighted by Gasteiger charge is 2.10. The highest BCUT2D eigenvalue weighted by molar-refractivity contribution is 5.61. The van der Waals surface area contributed by atoms with E-state index in [-0.39, 0.29) is 0 Å². The second-order valence-corrected chi connectivity index (χ2v) is 4.19. The van der Waals surface area contributed by atoms with E-state index in [2.05, 4.69) is 9.97 Å². The van der Waals surface area contributed by atoms with Crippen LogP contribution < -0.4 is 5.76 Å². The first-order chi connectivity index (χ1) is 9.28. The predicted octanol–water partition coefficient (Wildman–Crippen LogP) is 2.38. The van der Waals surface area contributed by atoms with Crippen molar-refractivity contribution in [3.63, 3.8) is 0 Å². The summed E-state index contributed by atoms with van der Waals surface area (Å²) in [4.78, 5) is 18.0. The highest BCUT2D eigenvalue weighted by Crippen LogP contribution is 2.23. The largest absolute Gasteiger partial charge is 0.417 e. The molecule has 19 heavy (non-hydrogen) atoms. The maximum atomic E-state index is 11.3. The summed E-state index contributed by atoms with van der Waals surface area (Å²) in [7, 11) is 0. The molecule has 0 aliphatic heterocycles. The summed E-state index contributed by atoms with van der Waals surface area (Å²) in [6.45, 7) is 1.98. The summed E-state index contributed by atoms with van der Waals surface area (Å²) in [5.74, 6) is 0.204. The molecule has 0 spiro atoms. The molecule has 3 rings (SSSR count). The van der Waals surface area contributed by atoms with E-state index in [9.17, 15) is 4.79 Å². The third-order valence-electron chi connectivity index (χ3n) is 3.01. The summed E-state index contributed by atoms with van der Waals surface area (Å²) in [5, 5.41) is 0. The van der Waals surface area contributed by atoms with Crippen molar-refractivity contribution in [2.45, 2.75) is 13.3 Å². The first-order valence-electron chi connectivity index (χ1n) is 6.08. The van der Waals surface area contributed by atoms with Crippen molar-refractivity contribution in [3.8, 4) is 17.0 Å². The summed E-state index contributed by atoms with van der Waals surface area (Å²) in [6.07, 6.45) is 6.07. The molecule has 0 aliphatic carbocycles. The van der Waals surface area contributed by atoms with Crippen molar-refractivity contribution in [2.24, 2.45) is 0 Å². The lowest BCUT2D eigenvalue weighted by Gasteiger charge is -2.03. The number of aromatic nitrogens is 3. The number of rotatable bonds is 3. The highest BCUT2D eigenvalue weighted by atomic mass is 16.4. The maximum Gasteiger partial charge on any atom is 0.417 e. The molecule has 0 saturated carbocycles. The first kappa shape index (κ1) is 11.5. The number of hydrogen-bond acceptors (Lipinski definition) is 3. The number of benzene rings is 1. The molecule has 2 heterocycles. The Hall–Kier alpha value is -2.56. The average Bonchev–Trinajstić information content (AvgIpc) is 3.08. The van der Waals surface area contributed by atoms with Gasteiger partial charge in [-0.3, -0.25) is 4.98 Å². The standard InChI is InChI=1S/C14H13N3O2/c1-2-12-13(19-14(18)16-12)10-3-5-11(6-4-10)17-8-7-15-9-17/h3-9H,2H2,1H3,(H,16,18). The predicted molar refractivity (Wildman–Crippen MR) is 71.3 cm³/mol. The van der Waals surface area contributed by atoms with Gasteiger partial charge < -0.3 is 8.98 Å². The quantitative estimate of drug-likeness (QED) is 0.781. The molecular formula is C14H13N3O2. The van der Waals surface area contributed by atoms with Crippen molar-refractivity contribution in [2.75, 3.05) is 0 Å². The molecule has 5 heteroatoms. The first-order valence-corrected chi connectivity index (χ1v) is 6.08. The monoisotopic (exact) mass is 255 g/mol. The molecule has 0 unspecified atom stereocenters. The van der Waals surface area contributed by atoms with Crippen LogP contribution in [0.25, 0.3) is 17.0 Å². The van der Waals surface area contributed by atoms with Crippen LogP contribution >= 0.6 is 0 Å². The van der Waals surface area contributed by atoms with Crippen molar-refractivity contribution in [1.82, 2.24) is 14.5 Å². The van der Waals surface area contributed by atoms with Gasteiger partial charge in [-0.2, -0.15) is 0 Å². The Morgan fingerprint density at radius 1 is 1.32 bits per heavy atom. The van der Waals surface area contributed by atoms with E-state index in [1.807, 2.05) is 42.0 Å². The SMILES string of the molecule is CCc1[nH]c(=O)oc1-c1ccc(-n2ccnc2)cc1. The smallest absolute Gasteiger partial charge is 0.408 e. The third kappa shape index (κ3) is 2.10. The van der Waals surface area contributed by atoms with Gasteiger partial charge in [0.1, 0.15) is 0 Å². The number of oxazole rings is 1. The Labute approximate surface area is 109 Å². The van der Waals surface area contributed by atoms with Crippen LogP contribution in [0.15, 0.2) is 52.2 Å². The van der Waals surface area contributed by atoms with Gasteiger partial charge in [-0.1, -0.05) is 6.92 Å². The second kappa shape index (κ2) is 4.61. The van der Waals surface area contributed by atoms with Crippen LogP contribution in [0.4, 0.5) is 0 Å². The minimum atomic E-state index is -0.412. The molecule has 5 nitrogen and oxygen atoms in total. The molecule has 96 valence electrons. The minimum Gasteiger partial charge on any atom is -0.408 e. The van der Waals surface area contributed by atoms with E-state index >= 15 is 0 Å². The minimum absolute atomic E-state index is 0.412. The van der Waals surface area contributed by atoms with E-state index in [4.69, 9.17) is 4.42 Å². The second-order valence-electron chi connectivity index (χ2n) is 4.19. The molecule has 0 saturated heterocycles. The van der Waals surface area contributed by atoms with Crippen LogP contribution in [-0.4, -0.2) is 14.5 Å². The molecule has 0 amide bonds. The Morgan fingerprint density at radius 3 is 2.74 bits per heavy atom. The van der Waals surface area contributed by atoms with Crippen LogP contribution in [-0.2, 0) is 6.42 Å². The van der Waals surface area contributed by atoms with E-state index in [0.717, 1.165) is 23.4 Å². The molecular weight excluding hydrogens is 242 g/mol. The zero-order valence-electron chi connectivity index (χ0n) is 10.5. The van der Waals surface area contributed by atoms with Crippen molar-refractivity contribution in [1.29, 1.82) is 0 Å². The van der Waals surface area contributed by atoms with E-state index in [1.165, 1.54) is 0 Å². The zero-order valence-corrected chi connectivity index (χ0v) is 10.5. The topological polar surface area (TPSA) is 63.8 Å². The van der Waals surface area contributed by atoms with E-state index in [0.29, 0.717) is 5.76 Å². The number of nitrogens with zero attached hydrogens (tertiary/aromatic N) is 2. The maximum absolute atomic E-state index is 11.3. The van der Waals surface area contributed by atoms with Crippen molar-refractivity contribution in [3.05, 3.63) is 59.2 Å². The Kier molecular flexibility index (Phi) is 2.79. The lowest BCUT2D eigenvalue weighted by molar-refractivity contribution is 0.528. The average molecular weight is 255 g/mol. The Morgan fingerprint density at radius 2 is 2.11 bits per heavy atom. The zero-order chi connectivity index (χ0) is 13.2.